The molecule has 8 heteroatoms. The summed E-state index contributed by atoms with van der Waals surface area (Å²) in [6.07, 6.45) is 0.730. The van der Waals surface area contributed by atoms with Crippen LogP contribution in [-0.2, 0) is 6.42 Å². The lowest BCUT2D eigenvalue weighted by Gasteiger charge is -2.22. The molecule has 0 spiro atoms. The first-order chi connectivity index (χ1) is 15.7. The van der Waals surface area contributed by atoms with Gasteiger partial charge in [-0.2, -0.15) is 0 Å². The third-order valence-corrected chi connectivity index (χ3v) is 6.86. The van der Waals surface area contributed by atoms with Gasteiger partial charge in [0.05, 0.1) is 17.0 Å². The van der Waals surface area contributed by atoms with Gasteiger partial charge in [-0.05, 0) is 60.7 Å². The Morgan fingerprint density at radius 3 is 2.48 bits per heavy atom. The minimum atomic E-state index is -0.782. The number of rotatable bonds is 4. The van der Waals surface area contributed by atoms with Crippen molar-refractivity contribution in [3.05, 3.63) is 85.5 Å². The van der Waals surface area contributed by atoms with Crippen LogP contribution in [0.25, 0.3) is 11.0 Å². The lowest BCUT2D eigenvalue weighted by molar-refractivity contribution is 0.0970. The summed E-state index contributed by atoms with van der Waals surface area (Å²) < 4.78 is 19.7. The summed E-state index contributed by atoms with van der Waals surface area (Å²) in [6, 6.07) is 8.57. The Kier molecular flexibility index (Phi) is 5.12. The minimum absolute atomic E-state index is 0.00862. The van der Waals surface area contributed by atoms with Crippen LogP contribution in [0.2, 0.25) is 0 Å². The Morgan fingerprint density at radius 2 is 1.79 bits per heavy atom. The van der Waals surface area contributed by atoms with Gasteiger partial charge in [-0.15, -0.1) is 10.2 Å². The third kappa shape index (κ3) is 3.54. The molecule has 0 saturated heterocycles. The molecule has 2 aromatic carbocycles. The lowest BCUT2D eigenvalue weighted by atomic mass is 9.97. The Morgan fingerprint density at radius 1 is 1.09 bits per heavy atom. The molecule has 4 aromatic rings. The lowest BCUT2D eigenvalue weighted by Crippen LogP contribution is -2.29. The maximum absolute atomic E-state index is 13.7. The number of fused-ring (bicyclic) bond motifs is 2. The predicted molar refractivity (Wildman–Crippen MR) is 125 cm³/mol. The van der Waals surface area contributed by atoms with Crippen LogP contribution in [0.1, 0.15) is 57.7 Å². The number of aryl methyl sites for hydroxylation is 2. The van der Waals surface area contributed by atoms with E-state index in [1.165, 1.54) is 28.4 Å². The van der Waals surface area contributed by atoms with Crippen molar-refractivity contribution in [3.8, 4) is 0 Å². The minimum Gasteiger partial charge on any atom is -0.450 e. The summed E-state index contributed by atoms with van der Waals surface area (Å²) in [5.41, 5.74) is 2.85. The predicted octanol–water partition coefficient (Wildman–Crippen LogP) is 5.35. The molecule has 0 saturated carbocycles. The number of nitrogens with zero attached hydrogens (tertiary/aromatic N) is 3. The number of amides is 1. The fraction of sp³-hybridized carbons (Fsp3) is 0.280. The molecule has 1 aliphatic heterocycles. The van der Waals surface area contributed by atoms with Gasteiger partial charge >= 0.3 is 0 Å². The van der Waals surface area contributed by atoms with Crippen molar-refractivity contribution < 1.29 is 13.6 Å². The van der Waals surface area contributed by atoms with E-state index >= 15 is 0 Å². The molecule has 33 heavy (non-hydrogen) atoms. The van der Waals surface area contributed by atoms with Crippen LogP contribution in [0.4, 0.5) is 9.52 Å². The highest BCUT2D eigenvalue weighted by atomic mass is 32.1. The quantitative estimate of drug-likeness (QED) is 0.408. The van der Waals surface area contributed by atoms with Crippen molar-refractivity contribution in [2.75, 3.05) is 4.90 Å². The van der Waals surface area contributed by atoms with Crippen molar-refractivity contribution in [2.45, 2.75) is 40.2 Å². The molecule has 1 amide bonds. The molecule has 0 aliphatic carbocycles. The van der Waals surface area contributed by atoms with E-state index in [1.54, 1.807) is 24.3 Å². The Bertz CT molecular complexity index is 1460. The van der Waals surface area contributed by atoms with Crippen LogP contribution in [0.15, 0.2) is 45.6 Å². The molecule has 6 nitrogen and oxygen atoms in total. The Hall–Kier alpha value is -3.39. The molecule has 2 aromatic heterocycles. The number of anilines is 1. The number of hydrogen-bond acceptors (Lipinski definition) is 6. The SMILES string of the molecule is Cc1cc2oc3c(c(=O)c2cc1C)C(c1ccc(F)cc1)N(c1nnc(CC(C)C)s1)C3=O. The molecular formula is C25H22FN3O3S. The van der Waals surface area contributed by atoms with Crippen LogP contribution >= 0.6 is 11.3 Å². The van der Waals surface area contributed by atoms with Crippen LogP contribution in [0, 0.1) is 25.6 Å². The zero-order chi connectivity index (χ0) is 23.4. The Labute approximate surface area is 193 Å². The molecule has 1 aliphatic rings. The summed E-state index contributed by atoms with van der Waals surface area (Å²) in [5, 5.41) is 10.1. The average molecular weight is 464 g/mol. The van der Waals surface area contributed by atoms with Gasteiger partial charge in [0.2, 0.25) is 10.9 Å². The van der Waals surface area contributed by atoms with Gasteiger partial charge < -0.3 is 4.42 Å². The summed E-state index contributed by atoms with van der Waals surface area (Å²) in [6.45, 7) is 8.01. The van der Waals surface area contributed by atoms with Gasteiger partial charge in [-0.1, -0.05) is 37.3 Å². The Balaban J connectivity index is 1.75. The van der Waals surface area contributed by atoms with Crippen molar-refractivity contribution >= 4 is 33.3 Å². The highest BCUT2D eigenvalue weighted by Crippen LogP contribution is 2.42. The summed E-state index contributed by atoms with van der Waals surface area (Å²) >= 11 is 1.31. The highest BCUT2D eigenvalue weighted by molar-refractivity contribution is 7.15. The first-order valence-corrected chi connectivity index (χ1v) is 11.6. The van der Waals surface area contributed by atoms with Crippen molar-refractivity contribution in [1.82, 2.24) is 10.2 Å². The highest BCUT2D eigenvalue weighted by Gasteiger charge is 2.45. The number of aromatic nitrogens is 2. The van der Waals surface area contributed by atoms with Crippen LogP contribution in [0.3, 0.4) is 0 Å². The van der Waals surface area contributed by atoms with Gasteiger partial charge in [0.1, 0.15) is 16.4 Å². The van der Waals surface area contributed by atoms with Crippen LogP contribution < -0.4 is 10.3 Å². The second-order valence-corrected chi connectivity index (χ2v) is 9.85. The summed E-state index contributed by atoms with van der Waals surface area (Å²) in [5.74, 6) is -0.485. The second-order valence-electron chi connectivity index (χ2n) is 8.81. The number of benzene rings is 2. The van der Waals surface area contributed by atoms with Gasteiger partial charge in [-0.25, -0.2) is 4.39 Å². The van der Waals surface area contributed by atoms with E-state index in [1.807, 2.05) is 13.8 Å². The molecule has 5 rings (SSSR count). The standard InChI is InChI=1S/C25H22FN3O3S/c1-12(2)9-19-27-28-25(33-19)29-21(15-5-7-16(26)8-6-15)20-22(30)17-10-13(3)14(4)11-18(17)32-23(20)24(29)31/h5-8,10-12,21H,9H2,1-4H3. The summed E-state index contributed by atoms with van der Waals surface area (Å²) in [4.78, 5) is 28.7. The van der Waals surface area contributed by atoms with Gasteiger partial charge in [0.15, 0.2) is 5.43 Å². The maximum Gasteiger partial charge on any atom is 0.297 e. The molecule has 0 fully saturated rings. The van der Waals surface area contributed by atoms with Gasteiger partial charge in [0.25, 0.3) is 5.91 Å². The second kappa shape index (κ2) is 7.88. The number of carbonyl (C=O) groups is 1. The van der Waals surface area contributed by atoms with Crippen molar-refractivity contribution in [1.29, 1.82) is 0 Å². The van der Waals surface area contributed by atoms with Gasteiger partial charge in [-0.3, -0.25) is 14.5 Å². The molecule has 1 atom stereocenters. The summed E-state index contributed by atoms with van der Waals surface area (Å²) in [7, 11) is 0. The van der Waals surface area contributed by atoms with Crippen molar-refractivity contribution in [2.24, 2.45) is 5.92 Å². The van der Waals surface area contributed by atoms with Gasteiger partial charge in [0, 0.05) is 6.42 Å². The third-order valence-electron chi connectivity index (χ3n) is 5.92. The molecule has 0 radical (unpaired) electrons. The molecule has 0 N–H and O–H groups in total. The first kappa shape index (κ1) is 21.5. The monoisotopic (exact) mass is 463 g/mol. The van der Waals surface area contributed by atoms with E-state index in [0.717, 1.165) is 22.6 Å². The van der Waals surface area contributed by atoms with E-state index in [9.17, 15) is 14.0 Å². The molecule has 0 bridgehead atoms. The molecule has 1 unspecified atom stereocenters. The van der Waals surface area contributed by atoms with E-state index in [2.05, 4.69) is 24.0 Å². The average Bonchev–Trinajstić information content (AvgIpc) is 3.32. The maximum atomic E-state index is 13.7. The number of carbonyl (C=O) groups excluding carboxylic acids is 1. The fourth-order valence-corrected chi connectivity index (χ4v) is 5.24. The van der Waals surface area contributed by atoms with Crippen LogP contribution in [0.5, 0.6) is 0 Å². The number of hydrogen-bond donors (Lipinski definition) is 0. The van der Waals surface area contributed by atoms with Crippen molar-refractivity contribution in [3.63, 3.8) is 0 Å². The zero-order valence-electron chi connectivity index (χ0n) is 18.7. The molecule has 3 heterocycles. The van der Waals surface area contributed by atoms with E-state index in [0.29, 0.717) is 27.6 Å². The van der Waals surface area contributed by atoms with E-state index < -0.39 is 17.8 Å². The first-order valence-electron chi connectivity index (χ1n) is 10.7. The zero-order valence-corrected chi connectivity index (χ0v) is 19.5. The largest absolute Gasteiger partial charge is 0.450 e. The molecular weight excluding hydrogens is 441 g/mol. The normalized spacial score (nSPS) is 15.6. The van der Waals surface area contributed by atoms with Crippen LogP contribution in [-0.4, -0.2) is 16.1 Å². The molecule has 168 valence electrons. The fourth-order valence-electron chi connectivity index (χ4n) is 4.16. The smallest absolute Gasteiger partial charge is 0.297 e. The van der Waals surface area contributed by atoms with E-state index in [4.69, 9.17) is 4.42 Å². The topological polar surface area (TPSA) is 76.3 Å². The number of halogens is 1. The van der Waals surface area contributed by atoms with E-state index in [-0.39, 0.29) is 16.8 Å².